The molecule has 7 heteroatoms. The van der Waals surface area contributed by atoms with Gasteiger partial charge in [0.25, 0.3) is 0 Å². The molecular weight excluding hydrogens is 318 g/mol. The zero-order chi connectivity index (χ0) is 17.3. The maximum atomic E-state index is 10.1. The smallest absolute Gasteiger partial charge is 0.333 e. The first kappa shape index (κ1) is 20.1. The molecule has 1 saturated carbocycles. The van der Waals surface area contributed by atoms with Gasteiger partial charge in [-0.05, 0) is 31.7 Å². The lowest BCUT2D eigenvalue weighted by molar-refractivity contribution is -0.223. The van der Waals surface area contributed by atoms with Crippen molar-refractivity contribution >= 4 is 10.3 Å². The number of ether oxygens (including phenoxy) is 1. The molecule has 1 aliphatic carbocycles. The van der Waals surface area contributed by atoms with Gasteiger partial charge in [0, 0.05) is 12.8 Å². The Hall–Kier alpha value is -0.990. The number of benzene rings is 1. The number of hydrogen-bond acceptors (Lipinski definition) is 5. The average molecular weight is 345 g/mol. The Labute approximate surface area is 138 Å². The minimum absolute atomic E-state index is 0.0331. The van der Waals surface area contributed by atoms with E-state index in [4.69, 9.17) is 4.74 Å². The molecular formula is C16H27NO5S. The normalized spacial score (nSPS) is 18.1. The summed E-state index contributed by atoms with van der Waals surface area (Å²) in [6.07, 6.45) is 4.29. The van der Waals surface area contributed by atoms with Crippen LogP contribution in [0, 0.1) is 0 Å². The molecule has 0 aliphatic heterocycles. The van der Waals surface area contributed by atoms with Gasteiger partial charge in [0.05, 0.1) is 12.7 Å². The summed E-state index contributed by atoms with van der Waals surface area (Å²) >= 11 is 0. The monoisotopic (exact) mass is 345 g/mol. The van der Waals surface area contributed by atoms with E-state index >= 15 is 0 Å². The van der Waals surface area contributed by atoms with E-state index in [0.29, 0.717) is 6.42 Å². The van der Waals surface area contributed by atoms with E-state index in [2.05, 4.69) is 9.32 Å². The molecule has 0 saturated heterocycles. The van der Waals surface area contributed by atoms with Crippen molar-refractivity contribution in [3.8, 4) is 0 Å². The van der Waals surface area contributed by atoms with Crippen molar-refractivity contribution in [2.75, 3.05) is 6.61 Å². The molecule has 0 bridgehead atoms. The molecule has 0 amide bonds. The summed E-state index contributed by atoms with van der Waals surface area (Å²) in [6, 6.07) is 10.0. The van der Waals surface area contributed by atoms with Crippen molar-refractivity contribution in [2.45, 2.75) is 57.8 Å². The summed E-state index contributed by atoms with van der Waals surface area (Å²) in [7, 11) is -3.69. The highest BCUT2D eigenvalue weighted by Crippen LogP contribution is 2.34. The lowest BCUT2D eigenvalue weighted by Crippen LogP contribution is -2.29. The van der Waals surface area contributed by atoms with E-state index in [1.807, 2.05) is 37.3 Å². The summed E-state index contributed by atoms with van der Waals surface area (Å²) in [6.45, 7) is 3.95. The molecule has 1 aromatic carbocycles. The maximum absolute atomic E-state index is 10.1. The first-order valence-electron chi connectivity index (χ1n) is 7.88. The highest BCUT2D eigenvalue weighted by atomic mass is 32.2. The average Bonchev–Trinajstić information content (AvgIpc) is 2.92. The molecule has 0 spiro atoms. The zero-order valence-corrected chi connectivity index (χ0v) is 14.6. The van der Waals surface area contributed by atoms with Crippen LogP contribution in [0.25, 0.3) is 0 Å². The molecule has 1 atom stereocenters. The Morgan fingerprint density at radius 2 is 1.83 bits per heavy atom. The summed E-state index contributed by atoms with van der Waals surface area (Å²) < 4.78 is 29.8. The first-order valence-corrected chi connectivity index (χ1v) is 9.35. The lowest BCUT2D eigenvalue weighted by Gasteiger charge is -2.27. The summed E-state index contributed by atoms with van der Waals surface area (Å²) in [4.78, 5) is 0. The van der Waals surface area contributed by atoms with Crippen LogP contribution in [0.15, 0.2) is 30.3 Å². The van der Waals surface area contributed by atoms with Crippen LogP contribution in [0.3, 0.4) is 0 Å². The topological polar surface area (TPSA) is 98.8 Å². The minimum atomic E-state index is -3.69. The molecule has 1 unspecified atom stereocenters. The standard InChI is InChI=1S/C13H18O2.C3H9NO3S/c1-11(12-7-3-2-4-8-12)15-13(14)9-5-6-10-13;1-2-3-7-8(4,5)6/h2-4,7-8,11,14H,5-6,9-10H2,1H3;2-3H2,1H3,(H2,4,5,6). The van der Waals surface area contributed by atoms with Crippen molar-refractivity contribution in [3.63, 3.8) is 0 Å². The second kappa shape index (κ2) is 9.34. The quantitative estimate of drug-likeness (QED) is 0.772. The first-order chi connectivity index (χ1) is 10.8. The number of aliphatic hydroxyl groups is 1. The minimum Gasteiger partial charge on any atom is -0.365 e. The summed E-state index contributed by atoms with van der Waals surface area (Å²) in [5.74, 6) is -0.880. The molecule has 1 aliphatic rings. The molecule has 1 aromatic rings. The van der Waals surface area contributed by atoms with Crippen molar-refractivity contribution in [2.24, 2.45) is 5.14 Å². The van der Waals surface area contributed by atoms with E-state index in [-0.39, 0.29) is 12.7 Å². The lowest BCUT2D eigenvalue weighted by atomic mass is 10.1. The third-order valence-electron chi connectivity index (χ3n) is 3.50. The SMILES string of the molecule is CC(OC1(O)CCCC1)c1ccccc1.CCCOS(N)(=O)=O. The molecule has 132 valence electrons. The number of nitrogens with two attached hydrogens (primary N) is 1. The molecule has 2 rings (SSSR count). The van der Waals surface area contributed by atoms with Gasteiger partial charge in [-0.25, -0.2) is 5.14 Å². The van der Waals surface area contributed by atoms with Crippen LogP contribution in [0.4, 0.5) is 0 Å². The second-order valence-electron chi connectivity index (χ2n) is 5.64. The Morgan fingerprint density at radius 1 is 1.26 bits per heavy atom. The Kier molecular flexibility index (Phi) is 8.15. The van der Waals surface area contributed by atoms with Crippen LogP contribution in [0.2, 0.25) is 0 Å². The van der Waals surface area contributed by atoms with E-state index in [9.17, 15) is 13.5 Å². The van der Waals surface area contributed by atoms with Gasteiger partial charge in [0.1, 0.15) is 0 Å². The third-order valence-corrected chi connectivity index (χ3v) is 4.00. The summed E-state index contributed by atoms with van der Waals surface area (Å²) in [5, 5.41) is 14.6. The maximum Gasteiger partial charge on any atom is 0.333 e. The van der Waals surface area contributed by atoms with E-state index < -0.39 is 16.1 Å². The van der Waals surface area contributed by atoms with Gasteiger partial charge in [-0.1, -0.05) is 37.3 Å². The number of rotatable bonds is 6. The predicted octanol–water partition coefficient (Wildman–Crippen LogP) is 2.64. The summed E-state index contributed by atoms with van der Waals surface area (Å²) in [5.41, 5.74) is 1.12. The fraction of sp³-hybridized carbons (Fsp3) is 0.625. The van der Waals surface area contributed by atoms with E-state index in [0.717, 1.165) is 31.2 Å². The van der Waals surface area contributed by atoms with E-state index in [1.54, 1.807) is 6.92 Å². The van der Waals surface area contributed by atoms with Gasteiger partial charge >= 0.3 is 10.3 Å². The van der Waals surface area contributed by atoms with E-state index in [1.165, 1.54) is 0 Å². The van der Waals surface area contributed by atoms with Crippen molar-refractivity contribution in [3.05, 3.63) is 35.9 Å². The fourth-order valence-corrected chi connectivity index (χ4v) is 2.76. The van der Waals surface area contributed by atoms with Crippen LogP contribution in [-0.2, 0) is 19.2 Å². The highest BCUT2D eigenvalue weighted by molar-refractivity contribution is 7.84. The van der Waals surface area contributed by atoms with Gasteiger partial charge in [-0.15, -0.1) is 0 Å². The fourth-order valence-electron chi connectivity index (χ4n) is 2.37. The largest absolute Gasteiger partial charge is 0.365 e. The van der Waals surface area contributed by atoms with Crippen LogP contribution in [0.5, 0.6) is 0 Å². The highest BCUT2D eigenvalue weighted by Gasteiger charge is 2.33. The molecule has 3 N–H and O–H groups in total. The Bertz CT molecular complexity index is 541. The molecule has 6 nitrogen and oxygen atoms in total. The molecule has 23 heavy (non-hydrogen) atoms. The van der Waals surface area contributed by atoms with Crippen LogP contribution < -0.4 is 5.14 Å². The third kappa shape index (κ3) is 8.43. The van der Waals surface area contributed by atoms with Crippen LogP contribution in [-0.4, -0.2) is 25.9 Å². The number of hydrogen-bond donors (Lipinski definition) is 2. The Balaban J connectivity index is 0.000000284. The molecule has 0 aromatic heterocycles. The van der Waals surface area contributed by atoms with Crippen LogP contribution in [0.1, 0.15) is 57.6 Å². The molecule has 0 radical (unpaired) electrons. The van der Waals surface area contributed by atoms with Crippen molar-refractivity contribution in [1.29, 1.82) is 0 Å². The zero-order valence-electron chi connectivity index (χ0n) is 13.8. The van der Waals surface area contributed by atoms with Crippen molar-refractivity contribution in [1.82, 2.24) is 0 Å². The molecule has 1 fully saturated rings. The van der Waals surface area contributed by atoms with Gasteiger partial charge in [0.15, 0.2) is 5.79 Å². The van der Waals surface area contributed by atoms with Gasteiger partial charge in [-0.3, -0.25) is 4.18 Å². The predicted molar refractivity (Wildman–Crippen MR) is 88.7 cm³/mol. The van der Waals surface area contributed by atoms with Gasteiger partial charge < -0.3 is 9.84 Å². The Morgan fingerprint density at radius 3 is 2.26 bits per heavy atom. The van der Waals surface area contributed by atoms with Gasteiger partial charge in [0.2, 0.25) is 0 Å². The molecule has 0 heterocycles. The van der Waals surface area contributed by atoms with Gasteiger partial charge in [-0.2, -0.15) is 8.42 Å². The second-order valence-corrected chi connectivity index (χ2v) is 6.86. The van der Waals surface area contributed by atoms with Crippen LogP contribution >= 0.6 is 0 Å². The van der Waals surface area contributed by atoms with Crippen molar-refractivity contribution < 1.29 is 22.4 Å².